The molecule has 7 nitrogen and oxygen atoms in total. The second-order valence-corrected chi connectivity index (χ2v) is 5.50. The number of amides is 1. The zero-order valence-electron chi connectivity index (χ0n) is 13.0. The van der Waals surface area contributed by atoms with E-state index in [4.69, 9.17) is 5.11 Å². The van der Waals surface area contributed by atoms with Crippen LogP contribution in [0.15, 0.2) is 42.9 Å². The number of carboxylic acid groups (broad SMARTS) is 1. The summed E-state index contributed by atoms with van der Waals surface area (Å²) >= 11 is 0. The van der Waals surface area contributed by atoms with Gasteiger partial charge in [0.1, 0.15) is 17.7 Å². The SMILES string of the molecule is Cc1ccc([C@@H](CC(=O)O)NC(=O)c2ncnc3[nH]ccc23)cc1. The predicted octanol–water partition coefficient (Wildman–Crippen LogP) is 2.21. The van der Waals surface area contributed by atoms with Gasteiger partial charge in [0, 0.05) is 6.20 Å². The van der Waals surface area contributed by atoms with E-state index in [1.54, 1.807) is 12.3 Å². The number of fused-ring (bicyclic) bond motifs is 1. The lowest BCUT2D eigenvalue weighted by Gasteiger charge is -2.17. The Morgan fingerprint density at radius 3 is 2.67 bits per heavy atom. The van der Waals surface area contributed by atoms with Crippen molar-refractivity contribution in [3.8, 4) is 0 Å². The fourth-order valence-corrected chi connectivity index (χ4v) is 2.51. The number of H-pyrrole nitrogens is 1. The van der Waals surface area contributed by atoms with E-state index < -0.39 is 17.9 Å². The van der Waals surface area contributed by atoms with Gasteiger partial charge in [-0.05, 0) is 18.6 Å². The zero-order valence-corrected chi connectivity index (χ0v) is 13.0. The summed E-state index contributed by atoms with van der Waals surface area (Å²) in [5.41, 5.74) is 2.56. The van der Waals surface area contributed by atoms with Gasteiger partial charge < -0.3 is 15.4 Å². The molecule has 1 amide bonds. The number of carbonyl (C=O) groups excluding carboxylic acids is 1. The first-order chi connectivity index (χ1) is 11.5. The van der Waals surface area contributed by atoms with Gasteiger partial charge in [-0.1, -0.05) is 29.8 Å². The minimum atomic E-state index is -0.990. The first-order valence-electron chi connectivity index (χ1n) is 7.42. The summed E-state index contributed by atoms with van der Waals surface area (Å²) in [5.74, 6) is -1.43. The number of aromatic nitrogens is 3. The Hall–Kier alpha value is -3.22. The lowest BCUT2D eigenvalue weighted by Crippen LogP contribution is -2.31. The van der Waals surface area contributed by atoms with E-state index in [1.807, 2.05) is 31.2 Å². The first kappa shape index (κ1) is 15.7. The third-order valence-electron chi connectivity index (χ3n) is 3.73. The van der Waals surface area contributed by atoms with Gasteiger partial charge in [-0.3, -0.25) is 9.59 Å². The van der Waals surface area contributed by atoms with E-state index in [0.29, 0.717) is 11.0 Å². The van der Waals surface area contributed by atoms with Crippen molar-refractivity contribution in [2.75, 3.05) is 0 Å². The quantitative estimate of drug-likeness (QED) is 0.667. The highest BCUT2D eigenvalue weighted by atomic mass is 16.4. The summed E-state index contributed by atoms with van der Waals surface area (Å²) in [4.78, 5) is 34.7. The number of carboxylic acids is 1. The van der Waals surface area contributed by atoms with Crippen molar-refractivity contribution < 1.29 is 14.7 Å². The summed E-state index contributed by atoms with van der Waals surface area (Å²) in [6, 6.07) is 8.46. The monoisotopic (exact) mass is 324 g/mol. The number of rotatable bonds is 5. The van der Waals surface area contributed by atoms with Gasteiger partial charge in [0.15, 0.2) is 0 Å². The van der Waals surface area contributed by atoms with Crippen molar-refractivity contribution in [2.45, 2.75) is 19.4 Å². The molecule has 1 atom stereocenters. The minimum absolute atomic E-state index is 0.212. The first-order valence-corrected chi connectivity index (χ1v) is 7.42. The van der Waals surface area contributed by atoms with Crippen molar-refractivity contribution in [3.05, 3.63) is 59.7 Å². The highest BCUT2D eigenvalue weighted by Crippen LogP contribution is 2.20. The van der Waals surface area contributed by atoms with Gasteiger partial charge in [-0.15, -0.1) is 0 Å². The molecule has 2 aromatic heterocycles. The molecule has 0 aliphatic heterocycles. The second kappa shape index (κ2) is 6.49. The van der Waals surface area contributed by atoms with Crippen LogP contribution in [0.2, 0.25) is 0 Å². The number of aromatic amines is 1. The highest BCUT2D eigenvalue weighted by molar-refractivity contribution is 6.03. The van der Waals surface area contributed by atoms with Crippen LogP contribution in [-0.4, -0.2) is 31.9 Å². The molecule has 0 unspecified atom stereocenters. The van der Waals surface area contributed by atoms with Gasteiger partial charge in [-0.2, -0.15) is 0 Å². The fraction of sp³-hybridized carbons (Fsp3) is 0.176. The van der Waals surface area contributed by atoms with E-state index >= 15 is 0 Å². The van der Waals surface area contributed by atoms with E-state index in [2.05, 4.69) is 20.3 Å². The standard InChI is InChI=1S/C17H16N4O3/c1-10-2-4-11(5-3-10)13(8-14(22)23)21-17(24)15-12-6-7-18-16(12)20-9-19-15/h2-7,9,13H,8H2,1H3,(H,21,24)(H,22,23)(H,18,19,20)/t13-/m1/s1. The molecule has 3 aromatic rings. The topological polar surface area (TPSA) is 108 Å². The van der Waals surface area contributed by atoms with E-state index in [0.717, 1.165) is 11.1 Å². The molecule has 0 bridgehead atoms. The molecular weight excluding hydrogens is 308 g/mol. The lowest BCUT2D eigenvalue weighted by molar-refractivity contribution is -0.137. The van der Waals surface area contributed by atoms with Crippen LogP contribution < -0.4 is 5.32 Å². The van der Waals surface area contributed by atoms with E-state index in [9.17, 15) is 9.59 Å². The number of aliphatic carboxylic acids is 1. The number of carbonyl (C=O) groups is 2. The van der Waals surface area contributed by atoms with Gasteiger partial charge in [-0.25, -0.2) is 9.97 Å². The Kier molecular flexibility index (Phi) is 4.24. The molecular formula is C17H16N4O3. The largest absolute Gasteiger partial charge is 0.481 e. The molecule has 24 heavy (non-hydrogen) atoms. The normalized spacial score (nSPS) is 12.0. The average Bonchev–Trinajstić information content (AvgIpc) is 3.03. The third-order valence-corrected chi connectivity index (χ3v) is 3.73. The fourth-order valence-electron chi connectivity index (χ4n) is 2.51. The number of nitrogens with one attached hydrogen (secondary N) is 2. The van der Waals surface area contributed by atoms with Crippen LogP contribution in [0.4, 0.5) is 0 Å². The molecule has 0 fully saturated rings. The molecule has 122 valence electrons. The number of hydrogen-bond donors (Lipinski definition) is 3. The van der Waals surface area contributed by atoms with Gasteiger partial charge in [0.25, 0.3) is 5.91 Å². The number of nitrogens with zero attached hydrogens (tertiary/aromatic N) is 2. The molecule has 3 rings (SSSR count). The second-order valence-electron chi connectivity index (χ2n) is 5.50. The third kappa shape index (κ3) is 3.24. The van der Waals surface area contributed by atoms with Crippen LogP contribution in [0.3, 0.4) is 0 Å². The Balaban J connectivity index is 1.89. The number of benzene rings is 1. The van der Waals surface area contributed by atoms with Crippen LogP contribution in [0, 0.1) is 6.92 Å². The number of hydrogen-bond acceptors (Lipinski definition) is 4. The van der Waals surface area contributed by atoms with Crippen LogP contribution in [-0.2, 0) is 4.79 Å². The summed E-state index contributed by atoms with van der Waals surface area (Å²) < 4.78 is 0. The van der Waals surface area contributed by atoms with Crippen molar-refractivity contribution in [2.24, 2.45) is 0 Å². The smallest absolute Gasteiger partial charge is 0.305 e. The molecule has 1 aromatic carbocycles. The maximum Gasteiger partial charge on any atom is 0.305 e. The maximum atomic E-state index is 12.6. The van der Waals surface area contributed by atoms with Crippen LogP contribution in [0.1, 0.15) is 34.1 Å². The molecule has 7 heteroatoms. The number of aryl methyl sites for hydroxylation is 1. The zero-order chi connectivity index (χ0) is 17.1. The molecule has 0 saturated carbocycles. The molecule has 0 aliphatic carbocycles. The van der Waals surface area contributed by atoms with Crippen LogP contribution in [0.5, 0.6) is 0 Å². The van der Waals surface area contributed by atoms with E-state index in [1.165, 1.54) is 6.33 Å². The van der Waals surface area contributed by atoms with Crippen LogP contribution >= 0.6 is 0 Å². The Bertz CT molecular complexity index is 886. The van der Waals surface area contributed by atoms with Crippen molar-refractivity contribution in [1.29, 1.82) is 0 Å². The Morgan fingerprint density at radius 1 is 1.21 bits per heavy atom. The van der Waals surface area contributed by atoms with Gasteiger partial charge in [0.2, 0.25) is 0 Å². The van der Waals surface area contributed by atoms with Gasteiger partial charge in [0.05, 0.1) is 17.8 Å². The predicted molar refractivity (Wildman–Crippen MR) is 87.5 cm³/mol. The minimum Gasteiger partial charge on any atom is -0.481 e. The summed E-state index contributed by atoms with van der Waals surface area (Å²) in [5, 5.41) is 12.5. The molecule has 0 spiro atoms. The molecule has 0 aliphatic rings. The Morgan fingerprint density at radius 2 is 1.96 bits per heavy atom. The summed E-state index contributed by atoms with van der Waals surface area (Å²) in [6.07, 6.45) is 2.76. The van der Waals surface area contributed by atoms with E-state index in [-0.39, 0.29) is 12.1 Å². The van der Waals surface area contributed by atoms with Crippen molar-refractivity contribution in [1.82, 2.24) is 20.3 Å². The molecule has 3 N–H and O–H groups in total. The highest BCUT2D eigenvalue weighted by Gasteiger charge is 2.21. The molecule has 0 radical (unpaired) electrons. The van der Waals surface area contributed by atoms with Crippen molar-refractivity contribution in [3.63, 3.8) is 0 Å². The average molecular weight is 324 g/mol. The van der Waals surface area contributed by atoms with Crippen molar-refractivity contribution >= 4 is 22.9 Å². The summed E-state index contributed by atoms with van der Waals surface area (Å²) in [7, 11) is 0. The summed E-state index contributed by atoms with van der Waals surface area (Å²) in [6.45, 7) is 1.94. The molecule has 2 heterocycles. The molecule has 0 saturated heterocycles. The van der Waals surface area contributed by atoms with Gasteiger partial charge >= 0.3 is 5.97 Å². The van der Waals surface area contributed by atoms with Crippen LogP contribution in [0.25, 0.3) is 11.0 Å². The maximum absolute atomic E-state index is 12.6. The lowest BCUT2D eigenvalue weighted by atomic mass is 10.0. The Labute approximate surface area is 137 Å².